The van der Waals surface area contributed by atoms with Crippen molar-refractivity contribution in [3.05, 3.63) is 39.7 Å². The zero-order valence-electron chi connectivity index (χ0n) is 12.8. The average molecular weight is 287 g/mol. The standard InChI is InChI=1S/C16H21N3O2/c1-17(2)10-11-6-7-12-14(9-11)19(21)16(20)13-5-4-8-18(3)15(12)13/h6-7,9,21H,4-5,8,10H2,1-3H3. The number of pyridine rings is 1. The van der Waals surface area contributed by atoms with E-state index in [0.717, 1.165) is 52.9 Å². The van der Waals surface area contributed by atoms with E-state index in [4.69, 9.17) is 0 Å². The first-order valence-electron chi connectivity index (χ1n) is 7.24. The van der Waals surface area contributed by atoms with E-state index in [1.54, 1.807) is 0 Å². The zero-order chi connectivity index (χ0) is 15.1. The lowest BCUT2D eigenvalue weighted by atomic mass is 9.99. The molecule has 0 aliphatic carbocycles. The molecule has 0 saturated carbocycles. The highest BCUT2D eigenvalue weighted by Crippen LogP contribution is 2.32. The van der Waals surface area contributed by atoms with Gasteiger partial charge in [-0.05, 0) is 38.6 Å². The van der Waals surface area contributed by atoms with Gasteiger partial charge in [-0.3, -0.25) is 4.79 Å². The normalized spacial score (nSPS) is 14.8. The number of fused-ring (bicyclic) bond motifs is 3. The van der Waals surface area contributed by atoms with Crippen molar-refractivity contribution in [3.8, 4) is 0 Å². The summed E-state index contributed by atoms with van der Waals surface area (Å²) in [4.78, 5) is 16.6. The van der Waals surface area contributed by atoms with Crippen LogP contribution in [0.5, 0.6) is 0 Å². The summed E-state index contributed by atoms with van der Waals surface area (Å²) in [6.45, 7) is 1.72. The highest BCUT2D eigenvalue weighted by Gasteiger charge is 2.22. The molecule has 5 nitrogen and oxygen atoms in total. The second-order valence-electron chi connectivity index (χ2n) is 6.06. The molecule has 1 aliphatic heterocycles. The molecule has 0 fully saturated rings. The summed E-state index contributed by atoms with van der Waals surface area (Å²) in [5.74, 6) is 0. The molecule has 2 heterocycles. The summed E-state index contributed by atoms with van der Waals surface area (Å²) < 4.78 is 0.812. The van der Waals surface area contributed by atoms with Crippen molar-refractivity contribution >= 4 is 16.6 Å². The van der Waals surface area contributed by atoms with E-state index in [0.29, 0.717) is 5.52 Å². The molecule has 0 radical (unpaired) electrons. The molecule has 0 amide bonds. The van der Waals surface area contributed by atoms with Gasteiger partial charge in [0.1, 0.15) is 0 Å². The predicted molar refractivity (Wildman–Crippen MR) is 84.4 cm³/mol. The molecular formula is C16H21N3O2. The Morgan fingerprint density at radius 2 is 2.10 bits per heavy atom. The first-order chi connectivity index (χ1) is 9.99. The molecule has 0 atom stereocenters. The largest absolute Gasteiger partial charge is 0.425 e. The number of anilines is 1. The van der Waals surface area contributed by atoms with Gasteiger partial charge in [0.15, 0.2) is 0 Å². The Hall–Kier alpha value is -2.01. The SMILES string of the molecule is CN(C)Cc1ccc2c3c(c(=O)n(O)c2c1)CCCN3C. The molecule has 112 valence electrons. The Bertz CT molecular complexity index is 749. The number of benzene rings is 1. The summed E-state index contributed by atoms with van der Waals surface area (Å²) in [5.41, 5.74) is 3.08. The van der Waals surface area contributed by atoms with E-state index < -0.39 is 0 Å². The van der Waals surface area contributed by atoms with Gasteiger partial charge in [-0.1, -0.05) is 12.1 Å². The summed E-state index contributed by atoms with van der Waals surface area (Å²) in [5, 5.41) is 11.2. The fourth-order valence-electron chi connectivity index (χ4n) is 3.18. The Labute approximate surface area is 124 Å². The van der Waals surface area contributed by atoms with E-state index in [1.165, 1.54) is 0 Å². The topological polar surface area (TPSA) is 48.7 Å². The lowest BCUT2D eigenvalue weighted by molar-refractivity contribution is 0.187. The first-order valence-corrected chi connectivity index (χ1v) is 7.24. The lowest BCUT2D eigenvalue weighted by Gasteiger charge is -2.29. The Balaban J connectivity index is 2.29. The highest BCUT2D eigenvalue weighted by molar-refractivity contribution is 5.94. The number of aromatic nitrogens is 1. The molecule has 3 rings (SSSR count). The quantitative estimate of drug-likeness (QED) is 0.854. The summed E-state index contributed by atoms with van der Waals surface area (Å²) in [7, 11) is 6.00. The molecule has 1 aromatic carbocycles. The molecule has 5 heteroatoms. The summed E-state index contributed by atoms with van der Waals surface area (Å²) in [6.07, 6.45) is 1.68. The van der Waals surface area contributed by atoms with Gasteiger partial charge in [0.25, 0.3) is 5.56 Å². The van der Waals surface area contributed by atoms with Crippen LogP contribution in [0.15, 0.2) is 23.0 Å². The van der Waals surface area contributed by atoms with Crippen LogP contribution in [0.25, 0.3) is 10.9 Å². The van der Waals surface area contributed by atoms with Gasteiger partial charge in [-0.2, -0.15) is 0 Å². The minimum absolute atomic E-state index is 0.286. The molecule has 1 aliphatic rings. The van der Waals surface area contributed by atoms with E-state index in [9.17, 15) is 10.0 Å². The second kappa shape index (κ2) is 5.07. The van der Waals surface area contributed by atoms with Crippen molar-refractivity contribution in [1.29, 1.82) is 0 Å². The monoisotopic (exact) mass is 287 g/mol. The van der Waals surface area contributed by atoms with Gasteiger partial charge in [0, 0.05) is 31.1 Å². The van der Waals surface area contributed by atoms with Crippen molar-refractivity contribution in [2.24, 2.45) is 0 Å². The van der Waals surface area contributed by atoms with Crippen molar-refractivity contribution in [3.63, 3.8) is 0 Å². The number of hydrogen-bond donors (Lipinski definition) is 1. The molecular weight excluding hydrogens is 266 g/mol. The summed E-state index contributed by atoms with van der Waals surface area (Å²) >= 11 is 0. The van der Waals surface area contributed by atoms with Gasteiger partial charge in [-0.15, -0.1) is 4.73 Å². The minimum atomic E-state index is -0.286. The smallest absolute Gasteiger partial charge is 0.288 e. The van der Waals surface area contributed by atoms with Crippen LogP contribution in [0.4, 0.5) is 5.69 Å². The van der Waals surface area contributed by atoms with Crippen LogP contribution in [0.2, 0.25) is 0 Å². The molecule has 0 spiro atoms. The van der Waals surface area contributed by atoms with Crippen LogP contribution in [-0.2, 0) is 13.0 Å². The van der Waals surface area contributed by atoms with Gasteiger partial charge in [0.05, 0.1) is 11.2 Å². The second-order valence-corrected chi connectivity index (χ2v) is 6.06. The van der Waals surface area contributed by atoms with Crippen molar-refractivity contribution in [2.45, 2.75) is 19.4 Å². The Kier molecular flexibility index (Phi) is 3.37. The van der Waals surface area contributed by atoms with Crippen LogP contribution in [0.1, 0.15) is 17.5 Å². The highest BCUT2D eigenvalue weighted by atomic mass is 16.5. The average Bonchev–Trinajstić information content (AvgIpc) is 2.44. The predicted octanol–water partition coefficient (Wildman–Crippen LogP) is 1.68. The third-order valence-corrected chi connectivity index (χ3v) is 4.08. The molecule has 21 heavy (non-hydrogen) atoms. The van der Waals surface area contributed by atoms with Gasteiger partial charge < -0.3 is 15.0 Å². The minimum Gasteiger partial charge on any atom is -0.425 e. The maximum absolute atomic E-state index is 12.4. The maximum atomic E-state index is 12.4. The Morgan fingerprint density at radius 1 is 1.33 bits per heavy atom. The van der Waals surface area contributed by atoms with Gasteiger partial charge >= 0.3 is 0 Å². The van der Waals surface area contributed by atoms with Gasteiger partial charge in [-0.25, -0.2) is 0 Å². The molecule has 0 unspecified atom stereocenters. The van der Waals surface area contributed by atoms with E-state index in [-0.39, 0.29) is 5.56 Å². The number of hydrogen-bond acceptors (Lipinski definition) is 4. The van der Waals surface area contributed by atoms with Gasteiger partial charge in [0.2, 0.25) is 0 Å². The third-order valence-electron chi connectivity index (χ3n) is 4.08. The van der Waals surface area contributed by atoms with E-state index in [2.05, 4.69) is 15.9 Å². The Morgan fingerprint density at radius 3 is 2.81 bits per heavy atom. The third kappa shape index (κ3) is 2.27. The van der Waals surface area contributed by atoms with Crippen LogP contribution in [-0.4, -0.2) is 42.5 Å². The molecule has 1 aromatic heterocycles. The molecule has 0 bridgehead atoms. The first kappa shape index (κ1) is 13.9. The number of rotatable bonds is 2. The number of nitrogens with zero attached hydrogens (tertiary/aromatic N) is 3. The van der Waals surface area contributed by atoms with Crippen molar-refractivity contribution in [1.82, 2.24) is 9.63 Å². The molecule has 0 saturated heterocycles. The van der Waals surface area contributed by atoms with Crippen LogP contribution in [0, 0.1) is 0 Å². The van der Waals surface area contributed by atoms with Crippen molar-refractivity contribution < 1.29 is 5.21 Å². The zero-order valence-corrected chi connectivity index (χ0v) is 12.8. The van der Waals surface area contributed by atoms with Crippen LogP contribution in [0.3, 0.4) is 0 Å². The molecule has 2 aromatic rings. The van der Waals surface area contributed by atoms with Crippen molar-refractivity contribution in [2.75, 3.05) is 32.6 Å². The summed E-state index contributed by atoms with van der Waals surface area (Å²) in [6, 6.07) is 5.98. The van der Waals surface area contributed by atoms with E-state index >= 15 is 0 Å². The lowest BCUT2D eigenvalue weighted by Crippen LogP contribution is -2.33. The van der Waals surface area contributed by atoms with E-state index in [1.807, 2.05) is 33.3 Å². The fourth-order valence-corrected chi connectivity index (χ4v) is 3.18. The molecule has 1 N–H and O–H groups in total. The maximum Gasteiger partial charge on any atom is 0.288 e. The van der Waals surface area contributed by atoms with Crippen LogP contribution >= 0.6 is 0 Å². The fraction of sp³-hybridized carbons (Fsp3) is 0.438. The van der Waals surface area contributed by atoms with Crippen LogP contribution < -0.4 is 10.5 Å².